The summed E-state index contributed by atoms with van der Waals surface area (Å²) in [6, 6.07) is 2.16. The molecule has 0 spiro atoms. The lowest BCUT2D eigenvalue weighted by Gasteiger charge is -2.33. The highest BCUT2D eigenvalue weighted by atomic mass is 32.2. The van der Waals surface area contributed by atoms with E-state index in [1.807, 2.05) is 0 Å². The lowest BCUT2D eigenvalue weighted by atomic mass is 10.1. The highest BCUT2D eigenvalue weighted by Gasteiger charge is 2.34. The molecule has 0 saturated carbocycles. The van der Waals surface area contributed by atoms with Crippen LogP contribution in [0.4, 0.5) is 8.78 Å². The van der Waals surface area contributed by atoms with Crippen molar-refractivity contribution in [2.45, 2.75) is 30.2 Å². The van der Waals surface area contributed by atoms with Crippen LogP contribution in [0.15, 0.2) is 23.1 Å². The van der Waals surface area contributed by atoms with Crippen LogP contribution >= 0.6 is 0 Å². The third-order valence-corrected chi connectivity index (χ3v) is 5.31. The normalized spacial score (nSPS) is 21.5. The van der Waals surface area contributed by atoms with Crippen LogP contribution in [0.5, 0.6) is 0 Å². The molecular weight excluding hydrogens is 274 g/mol. The van der Waals surface area contributed by atoms with Crippen molar-refractivity contribution >= 4 is 10.0 Å². The van der Waals surface area contributed by atoms with Crippen LogP contribution in [0.1, 0.15) is 19.3 Å². The molecular formula is C12H16F2N2O2S. The number of benzene rings is 1. The Hall–Kier alpha value is -1.05. The van der Waals surface area contributed by atoms with Crippen molar-refractivity contribution in [2.24, 2.45) is 5.73 Å². The summed E-state index contributed by atoms with van der Waals surface area (Å²) in [6.07, 6.45) is 2.29. The Morgan fingerprint density at radius 2 is 2.05 bits per heavy atom. The van der Waals surface area contributed by atoms with Crippen LogP contribution in [0.25, 0.3) is 0 Å². The van der Waals surface area contributed by atoms with Crippen LogP contribution in [-0.4, -0.2) is 31.9 Å². The average molecular weight is 290 g/mol. The summed E-state index contributed by atoms with van der Waals surface area (Å²) in [5.41, 5.74) is 5.57. The molecule has 19 heavy (non-hydrogen) atoms. The SMILES string of the molecule is NC[C@@H]1CCCCN1S(=O)(=O)c1ccc(F)cc1F. The van der Waals surface area contributed by atoms with Gasteiger partial charge in [-0.25, -0.2) is 17.2 Å². The molecule has 106 valence electrons. The van der Waals surface area contributed by atoms with E-state index in [1.165, 1.54) is 4.31 Å². The number of hydrogen-bond acceptors (Lipinski definition) is 3. The zero-order valence-electron chi connectivity index (χ0n) is 10.4. The Balaban J connectivity index is 2.40. The zero-order chi connectivity index (χ0) is 14.0. The lowest BCUT2D eigenvalue weighted by molar-refractivity contribution is 0.257. The Morgan fingerprint density at radius 3 is 2.68 bits per heavy atom. The van der Waals surface area contributed by atoms with Gasteiger partial charge in [0.2, 0.25) is 10.0 Å². The van der Waals surface area contributed by atoms with Gasteiger partial charge in [0, 0.05) is 25.2 Å². The minimum atomic E-state index is -3.96. The van der Waals surface area contributed by atoms with E-state index in [9.17, 15) is 17.2 Å². The second-order valence-corrected chi connectivity index (χ2v) is 6.43. The number of sulfonamides is 1. The molecule has 1 heterocycles. The van der Waals surface area contributed by atoms with Crippen molar-refractivity contribution < 1.29 is 17.2 Å². The van der Waals surface area contributed by atoms with Crippen molar-refractivity contribution in [1.29, 1.82) is 0 Å². The molecule has 2 rings (SSSR count). The summed E-state index contributed by atoms with van der Waals surface area (Å²) in [5.74, 6) is -1.87. The fourth-order valence-corrected chi connectivity index (χ4v) is 4.09. The second kappa shape index (κ2) is 5.52. The number of nitrogens with zero attached hydrogens (tertiary/aromatic N) is 1. The smallest absolute Gasteiger partial charge is 0.246 e. The van der Waals surface area contributed by atoms with E-state index in [4.69, 9.17) is 5.73 Å². The number of hydrogen-bond donors (Lipinski definition) is 1. The number of nitrogens with two attached hydrogens (primary N) is 1. The van der Waals surface area contributed by atoms with Gasteiger partial charge in [0.05, 0.1) is 0 Å². The number of rotatable bonds is 3. The van der Waals surface area contributed by atoms with Gasteiger partial charge in [0.25, 0.3) is 0 Å². The second-order valence-electron chi connectivity index (χ2n) is 4.58. The summed E-state index contributed by atoms with van der Waals surface area (Å²) in [7, 11) is -3.96. The minimum Gasteiger partial charge on any atom is -0.329 e. The summed E-state index contributed by atoms with van der Waals surface area (Å²) in [4.78, 5) is -0.491. The van der Waals surface area contributed by atoms with E-state index in [1.54, 1.807) is 0 Å². The standard InChI is InChI=1S/C12H16F2N2O2S/c13-9-4-5-12(11(14)7-9)19(17,18)16-6-2-1-3-10(16)8-15/h4-5,7,10H,1-3,6,8,15H2/t10-/m0/s1. The zero-order valence-corrected chi connectivity index (χ0v) is 11.2. The first kappa shape index (κ1) is 14.4. The Bertz CT molecular complexity index is 563. The van der Waals surface area contributed by atoms with Crippen LogP contribution in [-0.2, 0) is 10.0 Å². The minimum absolute atomic E-state index is 0.196. The van der Waals surface area contributed by atoms with Gasteiger partial charge in [-0.2, -0.15) is 4.31 Å². The van der Waals surface area contributed by atoms with E-state index in [0.717, 1.165) is 25.0 Å². The molecule has 1 atom stereocenters. The topological polar surface area (TPSA) is 63.4 Å². The van der Waals surface area contributed by atoms with Gasteiger partial charge < -0.3 is 5.73 Å². The monoisotopic (exact) mass is 290 g/mol. The van der Waals surface area contributed by atoms with E-state index < -0.39 is 26.6 Å². The fraction of sp³-hybridized carbons (Fsp3) is 0.500. The molecule has 1 aromatic rings. The summed E-state index contributed by atoms with van der Waals surface area (Å²) >= 11 is 0. The molecule has 0 unspecified atom stereocenters. The quantitative estimate of drug-likeness (QED) is 0.917. The molecule has 4 nitrogen and oxygen atoms in total. The van der Waals surface area contributed by atoms with Gasteiger partial charge in [-0.1, -0.05) is 6.42 Å². The van der Waals surface area contributed by atoms with Crippen molar-refractivity contribution in [3.8, 4) is 0 Å². The summed E-state index contributed by atoms with van der Waals surface area (Å²) in [5, 5.41) is 0. The molecule has 1 aliphatic rings. The highest BCUT2D eigenvalue weighted by Crippen LogP contribution is 2.26. The van der Waals surface area contributed by atoms with E-state index in [0.29, 0.717) is 19.0 Å². The maximum Gasteiger partial charge on any atom is 0.246 e. The third kappa shape index (κ3) is 2.77. The van der Waals surface area contributed by atoms with Crippen LogP contribution in [0, 0.1) is 11.6 Å². The molecule has 0 radical (unpaired) electrons. The fourth-order valence-electron chi connectivity index (χ4n) is 2.34. The van der Waals surface area contributed by atoms with Gasteiger partial charge in [0.1, 0.15) is 16.5 Å². The van der Waals surface area contributed by atoms with Gasteiger partial charge in [0.15, 0.2) is 0 Å². The van der Waals surface area contributed by atoms with E-state index >= 15 is 0 Å². The van der Waals surface area contributed by atoms with Crippen LogP contribution in [0.2, 0.25) is 0 Å². The molecule has 0 amide bonds. The van der Waals surface area contributed by atoms with Gasteiger partial charge in [-0.15, -0.1) is 0 Å². The summed E-state index contributed by atoms with van der Waals surface area (Å²) in [6.45, 7) is 0.517. The van der Waals surface area contributed by atoms with Crippen LogP contribution < -0.4 is 5.73 Å². The van der Waals surface area contributed by atoms with Gasteiger partial charge >= 0.3 is 0 Å². The molecule has 1 saturated heterocycles. The van der Waals surface area contributed by atoms with Crippen molar-refractivity contribution in [1.82, 2.24) is 4.31 Å². The summed E-state index contributed by atoms with van der Waals surface area (Å²) < 4.78 is 52.5. The van der Waals surface area contributed by atoms with Crippen molar-refractivity contribution in [3.05, 3.63) is 29.8 Å². The molecule has 1 fully saturated rings. The molecule has 7 heteroatoms. The van der Waals surface area contributed by atoms with Crippen molar-refractivity contribution in [3.63, 3.8) is 0 Å². The third-order valence-electron chi connectivity index (χ3n) is 3.33. The van der Waals surface area contributed by atoms with E-state index in [-0.39, 0.29) is 12.6 Å². The van der Waals surface area contributed by atoms with Gasteiger partial charge in [-0.3, -0.25) is 0 Å². The van der Waals surface area contributed by atoms with Crippen molar-refractivity contribution in [2.75, 3.05) is 13.1 Å². The molecule has 1 aliphatic heterocycles. The highest BCUT2D eigenvalue weighted by molar-refractivity contribution is 7.89. The lowest BCUT2D eigenvalue weighted by Crippen LogP contribution is -2.47. The van der Waals surface area contributed by atoms with Gasteiger partial charge in [-0.05, 0) is 25.0 Å². The average Bonchev–Trinajstić information content (AvgIpc) is 2.38. The maximum absolute atomic E-state index is 13.7. The Labute approximate surface area is 111 Å². The Kier molecular flexibility index (Phi) is 4.17. The first-order chi connectivity index (χ1) is 8.96. The predicted molar refractivity (Wildman–Crippen MR) is 66.9 cm³/mol. The first-order valence-electron chi connectivity index (χ1n) is 6.14. The molecule has 2 N–H and O–H groups in total. The molecule has 0 aromatic heterocycles. The first-order valence-corrected chi connectivity index (χ1v) is 7.58. The number of halogens is 2. The van der Waals surface area contributed by atoms with E-state index in [2.05, 4.69) is 0 Å². The maximum atomic E-state index is 13.7. The Morgan fingerprint density at radius 1 is 1.32 bits per heavy atom. The molecule has 1 aromatic carbocycles. The molecule has 0 aliphatic carbocycles. The largest absolute Gasteiger partial charge is 0.329 e. The number of piperidine rings is 1. The predicted octanol–water partition coefficient (Wildman–Crippen LogP) is 1.47. The molecule has 0 bridgehead atoms. The van der Waals surface area contributed by atoms with Crippen LogP contribution in [0.3, 0.4) is 0 Å².